The van der Waals surface area contributed by atoms with Crippen LogP contribution in [0.1, 0.15) is 113 Å². The quantitative estimate of drug-likeness (QED) is 0.0799. The SMILES string of the molecule is CC(C)Cc1cc2ccc(-c3cc(-c4[c-]c5ccccc5c(C(C)(C)C)c4)nc4sccc34)cc2o1.CCC(C)(CC)C(=O)/C=C(\O)C(C)(CC)CC.[Ir]. The number of pyridine rings is 1. The Labute approximate surface area is 340 Å². The number of benzene rings is 3. The molecule has 3 heterocycles. The zero-order valence-corrected chi connectivity index (χ0v) is 37.3. The van der Waals surface area contributed by atoms with Crippen LogP contribution in [-0.2, 0) is 36.7 Å². The Morgan fingerprint density at radius 3 is 2.17 bits per heavy atom. The third-order valence-corrected chi connectivity index (χ3v) is 12.2. The number of hydrogen-bond donors (Lipinski definition) is 1. The van der Waals surface area contributed by atoms with Gasteiger partial charge in [-0.1, -0.05) is 124 Å². The molecule has 6 heteroatoms. The molecular weight excluding hydrogens is 863 g/mol. The summed E-state index contributed by atoms with van der Waals surface area (Å²) >= 11 is 1.68. The maximum Gasteiger partial charge on any atom is 0.164 e. The van der Waals surface area contributed by atoms with Gasteiger partial charge in [-0.2, -0.15) is 0 Å². The molecule has 4 nitrogen and oxygen atoms in total. The maximum atomic E-state index is 12.2. The van der Waals surface area contributed by atoms with Crippen LogP contribution in [0, 0.1) is 22.8 Å². The predicted octanol–water partition coefficient (Wildman–Crippen LogP) is 14.5. The Morgan fingerprint density at radius 1 is 0.870 bits per heavy atom. The molecule has 1 radical (unpaired) electrons. The number of carbonyl (C=O) groups is 1. The molecule has 0 amide bonds. The van der Waals surface area contributed by atoms with E-state index in [1.54, 1.807) is 11.3 Å². The first-order valence-corrected chi connectivity index (χ1v) is 20.3. The molecule has 289 valence electrons. The molecule has 0 atom stereocenters. The van der Waals surface area contributed by atoms with Crippen molar-refractivity contribution in [3.8, 4) is 22.4 Å². The van der Waals surface area contributed by atoms with Crippen molar-refractivity contribution >= 4 is 49.1 Å². The van der Waals surface area contributed by atoms with Gasteiger partial charge >= 0.3 is 0 Å². The molecule has 0 aliphatic rings. The largest absolute Gasteiger partial charge is 0.512 e. The second-order valence-electron chi connectivity index (χ2n) is 16.6. The first-order valence-electron chi connectivity index (χ1n) is 19.4. The third kappa shape index (κ3) is 9.27. The summed E-state index contributed by atoms with van der Waals surface area (Å²) in [6.45, 7) is 23.3. The fourth-order valence-corrected chi connectivity index (χ4v) is 7.54. The number of allylic oxidation sites excluding steroid dienone is 2. The maximum absolute atomic E-state index is 12.2. The zero-order chi connectivity index (χ0) is 38.7. The van der Waals surface area contributed by atoms with E-state index >= 15 is 0 Å². The average molecular weight is 921 g/mol. The van der Waals surface area contributed by atoms with E-state index in [-0.39, 0.29) is 47.9 Å². The number of thiophene rings is 1. The minimum absolute atomic E-state index is 0. The van der Waals surface area contributed by atoms with Crippen LogP contribution in [0.2, 0.25) is 0 Å². The molecule has 6 aromatic rings. The van der Waals surface area contributed by atoms with Crippen LogP contribution in [0.4, 0.5) is 0 Å². The standard InChI is InChI=1S/C33H30NOS.C15H28O2.Ir/c1-20(2)14-25-16-23-11-10-22(18-31(23)35-25)28-19-30(34-32-27(28)12-13-36-32)24-15-21-8-6-7-9-26(21)29(17-24)33(3,4)5;1-7-14(5,8-2)12(16)11-13(17)15(6,9-3)10-4;/h6-13,16-20H,14H2,1-5H3;11,16H,7-10H2,1-6H3;/q-1;;/b;12-11-;. The second-order valence-corrected chi connectivity index (χ2v) is 17.5. The first-order chi connectivity index (χ1) is 25.0. The van der Waals surface area contributed by atoms with Crippen LogP contribution in [0.5, 0.6) is 0 Å². The van der Waals surface area contributed by atoms with Crippen molar-refractivity contribution in [2.45, 2.75) is 114 Å². The van der Waals surface area contributed by atoms with Crippen LogP contribution < -0.4 is 0 Å². The molecule has 54 heavy (non-hydrogen) atoms. The van der Waals surface area contributed by atoms with Gasteiger partial charge in [-0.05, 0) is 71.7 Å². The number of nitrogens with zero attached hydrogens (tertiary/aromatic N) is 1. The fourth-order valence-electron chi connectivity index (χ4n) is 6.75. The average Bonchev–Trinajstić information content (AvgIpc) is 3.79. The molecule has 3 aromatic heterocycles. The molecule has 1 N–H and O–H groups in total. The van der Waals surface area contributed by atoms with Crippen LogP contribution in [0.25, 0.3) is 54.3 Å². The van der Waals surface area contributed by atoms with Crippen molar-refractivity contribution in [3.63, 3.8) is 0 Å². The summed E-state index contributed by atoms with van der Waals surface area (Å²) in [5.41, 5.74) is 5.99. The minimum atomic E-state index is -0.337. The van der Waals surface area contributed by atoms with Gasteiger partial charge in [0.2, 0.25) is 0 Å². The Morgan fingerprint density at radius 2 is 1.54 bits per heavy atom. The molecule has 3 aromatic carbocycles. The fraction of sp³-hybridized carbons (Fsp3) is 0.417. The molecule has 0 saturated carbocycles. The smallest absolute Gasteiger partial charge is 0.164 e. The van der Waals surface area contributed by atoms with E-state index in [1.807, 2.05) is 41.5 Å². The zero-order valence-electron chi connectivity index (χ0n) is 34.1. The van der Waals surface area contributed by atoms with E-state index in [9.17, 15) is 9.90 Å². The number of aliphatic hydroxyl groups excluding tert-OH is 1. The van der Waals surface area contributed by atoms with Crippen molar-refractivity contribution in [2.75, 3.05) is 0 Å². The van der Waals surface area contributed by atoms with Gasteiger partial charge in [0.1, 0.15) is 21.9 Å². The summed E-state index contributed by atoms with van der Waals surface area (Å²) in [6.07, 6.45) is 5.70. The topological polar surface area (TPSA) is 63.3 Å². The van der Waals surface area contributed by atoms with Gasteiger partial charge in [0.15, 0.2) is 5.78 Å². The normalized spacial score (nSPS) is 12.6. The van der Waals surface area contributed by atoms with E-state index in [4.69, 9.17) is 9.40 Å². The van der Waals surface area contributed by atoms with Crippen molar-refractivity contribution in [3.05, 3.63) is 101 Å². The number of aliphatic hydroxyl groups is 1. The molecule has 0 spiro atoms. The van der Waals surface area contributed by atoms with Crippen LogP contribution in [-0.4, -0.2) is 15.9 Å². The summed E-state index contributed by atoms with van der Waals surface area (Å²) in [4.78, 5) is 18.3. The Hall–Kier alpha value is -3.57. The number of fused-ring (bicyclic) bond motifs is 3. The van der Waals surface area contributed by atoms with Crippen molar-refractivity contribution < 1.29 is 34.4 Å². The van der Waals surface area contributed by atoms with Gasteiger partial charge in [0.05, 0.1) is 0 Å². The van der Waals surface area contributed by atoms with E-state index < -0.39 is 0 Å². The molecule has 6 rings (SSSR count). The number of carbonyl (C=O) groups excluding carboxylic acids is 1. The van der Waals surface area contributed by atoms with Crippen LogP contribution >= 0.6 is 11.3 Å². The number of ketones is 1. The Balaban J connectivity index is 0.000000309. The number of furan rings is 1. The summed E-state index contributed by atoms with van der Waals surface area (Å²) in [5.74, 6) is 1.90. The molecular formula is C48H58IrNO3S-. The van der Waals surface area contributed by atoms with E-state index in [0.29, 0.717) is 5.92 Å². The number of aromatic nitrogens is 1. The third-order valence-electron chi connectivity index (χ3n) is 11.4. The molecule has 0 saturated heterocycles. The van der Waals surface area contributed by atoms with E-state index in [0.717, 1.165) is 75.9 Å². The summed E-state index contributed by atoms with van der Waals surface area (Å²) in [5, 5.41) is 17.0. The number of rotatable bonds is 11. The van der Waals surface area contributed by atoms with Crippen molar-refractivity contribution in [1.29, 1.82) is 0 Å². The molecule has 0 unspecified atom stereocenters. The Kier molecular flexibility index (Phi) is 14.0. The molecule has 0 fully saturated rings. The summed E-state index contributed by atoms with van der Waals surface area (Å²) < 4.78 is 6.23. The molecule has 0 aliphatic heterocycles. The van der Waals surface area contributed by atoms with Crippen LogP contribution in [0.3, 0.4) is 0 Å². The van der Waals surface area contributed by atoms with Gasteiger partial charge in [-0.3, -0.25) is 9.78 Å². The van der Waals surface area contributed by atoms with Gasteiger partial charge in [-0.15, -0.1) is 40.5 Å². The molecule has 0 aliphatic carbocycles. The van der Waals surface area contributed by atoms with E-state index in [2.05, 4.69) is 113 Å². The molecule has 0 bridgehead atoms. The summed E-state index contributed by atoms with van der Waals surface area (Å²) in [6, 6.07) is 27.6. The van der Waals surface area contributed by atoms with Gasteiger partial charge in [-0.25, -0.2) is 0 Å². The number of hydrogen-bond acceptors (Lipinski definition) is 5. The first kappa shape index (κ1) is 43.2. The minimum Gasteiger partial charge on any atom is -0.512 e. The summed E-state index contributed by atoms with van der Waals surface area (Å²) in [7, 11) is 0. The van der Waals surface area contributed by atoms with Gasteiger partial charge in [0, 0.05) is 59.9 Å². The Bertz CT molecular complexity index is 2240. The van der Waals surface area contributed by atoms with E-state index in [1.165, 1.54) is 28.0 Å². The van der Waals surface area contributed by atoms with Gasteiger partial charge < -0.3 is 9.52 Å². The monoisotopic (exact) mass is 921 g/mol. The van der Waals surface area contributed by atoms with Crippen molar-refractivity contribution in [1.82, 2.24) is 4.98 Å². The second kappa shape index (κ2) is 17.5. The predicted molar refractivity (Wildman–Crippen MR) is 227 cm³/mol. The van der Waals surface area contributed by atoms with Gasteiger partial charge in [0.25, 0.3) is 0 Å². The van der Waals surface area contributed by atoms with Crippen LogP contribution in [0.15, 0.2) is 88.4 Å². The van der Waals surface area contributed by atoms with Crippen molar-refractivity contribution in [2.24, 2.45) is 16.7 Å².